The van der Waals surface area contributed by atoms with Gasteiger partial charge in [0, 0.05) is 29.4 Å². The second-order valence-electron chi connectivity index (χ2n) is 5.45. The van der Waals surface area contributed by atoms with Crippen molar-refractivity contribution in [2.24, 2.45) is 7.05 Å². The second-order valence-corrected chi connectivity index (χ2v) is 7.21. The maximum absolute atomic E-state index is 12.7. The number of benzene rings is 1. The Morgan fingerprint density at radius 2 is 2.04 bits per heavy atom. The van der Waals surface area contributed by atoms with Crippen molar-refractivity contribution in [3.05, 3.63) is 49.7 Å². The fourth-order valence-electron chi connectivity index (χ4n) is 2.86. The number of nitrogens with zero attached hydrogens (tertiary/aromatic N) is 2. The number of halogens is 2. The van der Waals surface area contributed by atoms with Gasteiger partial charge in [-0.2, -0.15) is 4.98 Å². The first kappa shape index (κ1) is 17.9. The van der Waals surface area contributed by atoms with Gasteiger partial charge in [-0.15, -0.1) is 6.42 Å². The summed E-state index contributed by atoms with van der Waals surface area (Å²) in [6.07, 6.45) is 5.34. The molecule has 0 radical (unpaired) electrons. The van der Waals surface area contributed by atoms with Gasteiger partial charge in [-0.3, -0.25) is 9.59 Å². The quantitative estimate of drug-likeness (QED) is 0.493. The van der Waals surface area contributed by atoms with Crippen LogP contribution in [0.25, 0.3) is 0 Å². The van der Waals surface area contributed by atoms with Crippen LogP contribution in [0.2, 0.25) is 10.0 Å². The minimum Gasteiger partial charge on any atom is -0.312 e. The molecule has 2 aromatic rings. The second kappa shape index (κ2) is 7.12. The lowest BCUT2D eigenvalue weighted by Crippen LogP contribution is -2.33. The fraction of sp³-hybridized carbons (Fsp3) is 0.235. The Kier molecular flexibility index (Phi) is 5.09. The van der Waals surface area contributed by atoms with Crippen molar-refractivity contribution < 1.29 is 4.79 Å². The number of aromatic nitrogens is 2. The Balaban J connectivity index is 2.23. The van der Waals surface area contributed by atoms with Crippen molar-refractivity contribution in [2.45, 2.75) is 17.5 Å². The van der Waals surface area contributed by atoms with E-state index in [1.807, 2.05) is 0 Å². The first-order valence-electron chi connectivity index (χ1n) is 7.35. The van der Waals surface area contributed by atoms with Gasteiger partial charge in [0.05, 0.1) is 11.3 Å². The van der Waals surface area contributed by atoms with Crippen molar-refractivity contribution in [3.8, 4) is 12.3 Å². The van der Waals surface area contributed by atoms with Crippen LogP contribution in [0.5, 0.6) is 0 Å². The first-order valence-corrected chi connectivity index (χ1v) is 9.09. The summed E-state index contributed by atoms with van der Waals surface area (Å²) in [5.41, 5.74) is 0.514. The van der Waals surface area contributed by atoms with Crippen molar-refractivity contribution in [1.82, 2.24) is 9.55 Å². The van der Waals surface area contributed by atoms with E-state index in [1.54, 1.807) is 29.8 Å². The lowest BCUT2D eigenvalue weighted by molar-refractivity contribution is -0.116. The monoisotopic (exact) mass is 393 g/mol. The van der Waals surface area contributed by atoms with Crippen LogP contribution in [0.1, 0.15) is 23.5 Å². The molecular weight excluding hydrogens is 381 g/mol. The van der Waals surface area contributed by atoms with Gasteiger partial charge in [-0.05, 0) is 17.7 Å². The van der Waals surface area contributed by atoms with Crippen LogP contribution in [-0.4, -0.2) is 21.2 Å². The molecule has 3 rings (SSSR count). The Hall–Kier alpha value is -1.94. The highest BCUT2D eigenvalue weighted by Gasteiger charge is 2.34. The molecule has 0 bridgehead atoms. The average Bonchev–Trinajstić information content (AvgIpc) is 2.56. The molecule has 5 nitrogen and oxygen atoms in total. The number of anilines is 1. The predicted molar refractivity (Wildman–Crippen MR) is 101 cm³/mol. The number of carbonyl (C=O) groups excluding carboxylic acids is 1. The smallest absolute Gasteiger partial charge is 0.279 e. The summed E-state index contributed by atoms with van der Waals surface area (Å²) >= 11 is 13.8. The first-order chi connectivity index (χ1) is 11.9. The van der Waals surface area contributed by atoms with E-state index in [9.17, 15) is 9.59 Å². The largest absolute Gasteiger partial charge is 0.312 e. The Labute approximate surface area is 158 Å². The number of nitrogens with one attached hydrogen (secondary N) is 1. The highest BCUT2D eigenvalue weighted by Crippen LogP contribution is 2.41. The Morgan fingerprint density at radius 3 is 2.68 bits per heavy atom. The highest BCUT2D eigenvalue weighted by molar-refractivity contribution is 7.99. The number of carbonyl (C=O) groups is 1. The van der Waals surface area contributed by atoms with Crippen LogP contribution >= 0.6 is 35.0 Å². The number of terminal acetylenes is 1. The van der Waals surface area contributed by atoms with Crippen LogP contribution in [-0.2, 0) is 11.8 Å². The summed E-state index contributed by atoms with van der Waals surface area (Å²) < 4.78 is 1.66. The van der Waals surface area contributed by atoms with Gasteiger partial charge in [0.2, 0.25) is 5.91 Å². The van der Waals surface area contributed by atoms with Gasteiger partial charge in [0.25, 0.3) is 5.56 Å². The summed E-state index contributed by atoms with van der Waals surface area (Å²) in [5, 5.41) is 4.01. The van der Waals surface area contributed by atoms with Crippen LogP contribution in [0.15, 0.2) is 28.2 Å². The summed E-state index contributed by atoms with van der Waals surface area (Å²) in [5.74, 6) is 2.48. The molecule has 1 atom stereocenters. The van der Waals surface area contributed by atoms with Gasteiger partial charge in [0.1, 0.15) is 5.82 Å². The van der Waals surface area contributed by atoms with E-state index in [0.29, 0.717) is 37.9 Å². The number of hydrogen-bond acceptors (Lipinski definition) is 4. The average molecular weight is 394 g/mol. The molecule has 1 aliphatic rings. The molecule has 0 saturated heterocycles. The molecule has 1 aromatic heterocycles. The molecule has 0 aliphatic carbocycles. The maximum Gasteiger partial charge on any atom is 0.279 e. The number of thioether (sulfide) groups is 1. The molecule has 1 aromatic carbocycles. The molecule has 128 valence electrons. The van der Waals surface area contributed by atoms with Crippen LogP contribution < -0.4 is 10.9 Å². The molecule has 1 aliphatic heterocycles. The third-order valence-electron chi connectivity index (χ3n) is 3.93. The summed E-state index contributed by atoms with van der Waals surface area (Å²) in [6.45, 7) is 0. The molecule has 0 saturated carbocycles. The van der Waals surface area contributed by atoms with Gasteiger partial charge < -0.3 is 9.88 Å². The van der Waals surface area contributed by atoms with E-state index in [-0.39, 0.29) is 12.3 Å². The summed E-state index contributed by atoms with van der Waals surface area (Å²) in [7, 11) is 1.72. The molecule has 0 spiro atoms. The topological polar surface area (TPSA) is 64.0 Å². The molecular formula is C17H13Cl2N3O2S. The number of amides is 1. The standard InChI is InChI=1S/C17H13Cl2N3O2S/c1-3-7-25-17-21-16(24)14-9(8-12(23)20-15(14)22(17)2)13-10(18)5-4-6-11(13)19/h1,4-6,9H,7-8H2,2H3,(H,20,23). The lowest BCUT2D eigenvalue weighted by Gasteiger charge is -2.28. The molecule has 25 heavy (non-hydrogen) atoms. The lowest BCUT2D eigenvalue weighted by atomic mass is 9.86. The van der Waals surface area contributed by atoms with Crippen LogP contribution in [0.4, 0.5) is 5.82 Å². The molecule has 0 fully saturated rings. The molecule has 2 heterocycles. The fourth-order valence-corrected chi connectivity index (χ4v) is 4.17. The maximum atomic E-state index is 12.7. The molecule has 1 amide bonds. The van der Waals surface area contributed by atoms with Gasteiger partial charge in [-0.25, -0.2) is 0 Å². The summed E-state index contributed by atoms with van der Waals surface area (Å²) in [6, 6.07) is 5.09. The van der Waals surface area contributed by atoms with E-state index in [2.05, 4.69) is 16.2 Å². The van der Waals surface area contributed by atoms with Gasteiger partial charge in [0.15, 0.2) is 5.16 Å². The third-order valence-corrected chi connectivity index (χ3v) is 5.53. The van der Waals surface area contributed by atoms with Crippen molar-refractivity contribution in [1.29, 1.82) is 0 Å². The van der Waals surface area contributed by atoms with E-state index >= 15 is 0 Å². The number of fused-ring (bicyclic) bond motifs is 1. The van der Waals surface area contributed by atoms with Gasteiger partial charge >= 0.3 is 0 Å². The minimum absolute atomic E-state index is 0.0736. The number of rotatable bonds is 3. The molecule has 1 unspecified atom stereocenters. The van der Waals surface area contributed by atoms with Crippen molar-refractivity contribution in [2.75, 3.05) is 11.1 Å². The zero-order valence-electron chi connectivity index (χ0n) is 13.2. The minimum atomic E-state index is -0.553. The normalized spacial score (nSPS) is 16.1. The third kappa shape index (κ3) is 3.28. The van der Waals surface area contributed by atoms with Gasteiger partial charge in [-0.1, -0.05) is 47.0 Å². The molecule has 8 heteroatoms. The molecule has 1 N–H and O–H groups in total. The van der Waals surface area contributed by atoms with E-state index in [4.69, 9.17) is 29.6 Å². The van der Waals surface area contributed by atoms with Crippen molar-refractivity contribution >= 4 is 46.7 Å². The van der Waals surface area contributed by atoms with Crippen molar-refractivity contribution in [3.63, 3.8) is 0 Å². The summed E-state index contributed by atoms with van der Waals surface area (Å²) in [4.78, 5) is 29.1. The SMILES string of the molecule is C#CCSc1nc(=O)c2c(n1C)NC(=O)CC2c1c(Cl)cccc1Cl. The predicted octanol–water partition coefficient (Wildman–Crippen LogP) is 3.29. The van der Waals surface area contributed by atoms with Crippen LogP contribution in [0.3, 0.4) is 0 Å². The number of hydrogen-bond donors (Lipinski definition) is 1. The highest BCUT2D eigenvalue weighted by atomic mass is 35.5. The van der Waals surface area contributed by atoms with E-state index in [1.165, 1.54) is 11.8 Å². The zero-order chi connectivity index (χ0) is 18.1. The Morgan fingerprint density at radius 1 is 1.36 bits per heavy atom. The van der Waals surface area contributed by atoms with E-state index in [0.717, 1.165) is 0 Å². The van der Waals surface area contributed by atoms with E-state index < -0.39 is 11.5 Å². The van der Waals surface area contributed by atoms with Crippen LogP contribution in [0, 0.1) is 12.3 Å². The Bertz CT molecular complexity index is 945. The zero-order valence-corrected chi connectivity index (χ0v) is 15.5.